The molecule has 0 spiro atoms. The number of aryl methyl sites for hydroxylation is 1. The molecule has 1 atom stereocenters. The van der Waals surface area contributed by atoms with Gasteiger partial charge in [0, 0.05) is 16.2 Å². The van der Waals surface area contributed by atoms with E-state index in [1.165, 1.54) is 5.56 Å². The predicted octanol–water partition coefficient (Wildman–Crippen LogP) is 3.86. The van der Waals surface area contributed by atoms with E-state index in [-0.39, 0.29) is 6.04 Å². The molecule has 2 nitrogen and oxygen atoms in total. The first-order valence-electron chi connectivity index (χ1n) is 5.06. The second-order valence-corrected chi connectivity index (χ2v) is 4.54. The molecule has 1 rings (SSSR count). The van der Waals surface area contributed by atoms with Crippen LogP contribution in [0.4, 0.5) is 5.69 Å². The number of halogens is 1. The molecule has 0 bridgehead atoms. The van der Waals surface area contributed by atoms with Gasteiger partial charge in [0.25, 0.3) is 0 Å². The summed E-state index contributed by atoms with van der Waals surface area (Å²) < 4.78 is 1.07. The van der Waals surface area contributed by atoms with Crippen molar-refractivity contribution in [1.29, 1.82) is 5.26 Å². The zero-order valence-electron chi connectivity index (χ0n) is 9.05. The normalized spacial score (nSPS) is 11.9. The molecule has 1 aromatic carbocycles. The molecule has 1 aromatic rings. The van der Waals surface area contributed by atoms with Gasteiger partial charge in [-0.2, -0.15) is 5.26 Å². The summed E-state index contributed by atoms with van der Waals surface area (Å²) >= 11 is 3.46. The SMILES string of the molecule is CCC(CC#N)Nc1cc(C)cc(Br)c1. The van der Waals surface area contributed by atoms with Crippen molar-refractivity contribution in [3.05, 3.63) is 28.2 Å². The fourth-order valence-corrected chi connectivity index (χ4v) is 2.07. The molecular weight excluding hydrogens is 252 g/mol. The lowest BCUT2D eigenvalue weighted by Crippen LogP contribution is -2.17. The molecule has 1 unspecified atom stereocenters. The van der Waals surface area contributed by atoms with Crippen LogP contribution in [0.3, 0.4) is 0 Å². The van der Waals surface area contributed by atoms with Crippen LogP contribution in [0, 0.1) is 18.3 Å². The highest BCUT2D eigenvalue weighted by Crippen LogP contribution is 2.20. The molecule has 0 aliphatic carbocycles. The van der Waals surface area contributed by atoms with Gasteiger partial charge >= 0.3 is 0 Å². The lowest BCUT2D eigenvalue weighted by molar-refractivity contribution is 0.711. The van der Waals surface area contributed by atoms with Crippen molar-refractivity contribution < 1.29 is 0 Å². The van der Waals surface area contributed by atoms with Crippen molar-refractivity contribution in [3.8, 4) is 6.07 Å². The minimum absolute atomic E-state index is 0.240. The maximum Gasteiger partial charge on any atom is 0.0643 e. The molecule has 0 aliphatic heterocycles. The zero-order valence-corrected chi connectivity index (χ0v) is 10.6. The Labute approximate surface area is 99.4 Å². The summed E-state index contributed by atoms with van der Waals surface area (Å²) in [6.45, 7) is 4.14. The van der Waals surface area contributed by atoms with Gasteiger partial charge in [0.05, 0.1) is 12.5 Å². The number of nitrogens with zero attached hydrogens (tertiary/aromatic N) is 1. The van der Waals surface area contributed by atoms with E-state index in [4.69, 9.17) is 5.26 Å². The molecular formula is C12H15BrN2. The third-order valence-electron chi connectivity index (χ3n) is 2.24. The smallest absolute Gasteiger partial charge is 0.0643 e. The van der Waals surface area contributed by atoms with Crippen LogP contribution in [-0.2, 0) is 0 Å². The van der Waals surface area contributed by atoms with E-state index in [0.29, 0.717) is 6.42 Å². The number of benzene rings is 1. The summed E-state index contributed by atoms with van der Waals surface area (Å²) in [4.78, 5) is 0. The van der Waals surface area contributed by atoms with Crippen LogP contribution >= 0.6 is 15.9 Å². The lowest BCUT2D eigenvalue weighted by Gasteiger charge is -2.15. The van der Waals surface area contributed by atoms with Crippen molar-refractivity contribution in [2.45, 2.75) is 32.7 Å². The molecule has 0 aromatic heterocycles. The Morgan fingerprint density at radius 3 is 2.73 bits per heavy atom. The fraction of sp³-hybridized carbons (Fsp3) is 0.417. The molecule has 3 heteroatoms. The molecule has 0 aliphatic rings. The topological polar surface area (TPSA) is 35.8 Å². The average Bonchev–Trinajstić information content (AvgIpc) is 2.15. The summed E-state index contributed by atoms with van der Waals surface area (Å²) in [5.74, 6) is 0. The standard InChI is InChI=1S/C12H15BrN2/c1-3-11(4-5-14)15-12-7-9(2)6-10(13)8-12/h6-8,11,15H,3-4H2,1-2H3. The Balaban J connectivity index is 2.75. The van der Waals surface area contributed by atoms with Crippen LogP contribution in [0.25, 0.3) is 0 Å². The summed E-state index contributed by atoms with van der Waals surface area (Å²) in [6.07, 6.45) is 1.50. The van der Waals surface area contributed by atoms with Crippen molar-refractivity contribution in [1.82, 2.24) is 0 Å². The number of rotatable bonds is 4. The Morgan fingerprint density at radius 1 is 1.47 bits per heavy atom. The molecule has 0 amide bonds. The molecule has 15 heavy (non-hydrogen) atoms. The largest absolute Gasteiger partial charge is 0.381 e. The second-order valence-electron chi connectivity index (χ2n) is 3.63. The summed E-state index contributed by atoms with van der Waals surface area (Å²) in [5.41, 5.74) is 2.28. The maximum absolute atomic E-state index is 8.66. The van der Waals surface area contributed by atoms with Crippen LogP contribution in [0.1, 0.15) is 25.3 Å². The van der Waals surface area contributed by atoms with E-state index in [0.717, 1.165) is 16.6 Å². The third kappa shape index (κ3) is 3.93. The summed E-state index contributed by atoms with van der Waals surface area (Å²) in [7, 11) is 0. The second kappa shape index (κ2) is 5.77. The molecule has 0 saturated heterocycles. The average molecular weight is 267 g/mol. The number of nitrogens with one attached hydrogen (secondary N) is 1. The molecule has 0 radical (unpaired) electrons. The van der Waals surface area contributed by atoms with Gasteiger partial charge in [-0.25, -0.2) is 0 Å². The van der Waals surface area contributed by atoms with Gasteiger partial charge in [0.15, 0.2) is 0 Å². The van der Waals surface area contributed by atoms with Crippen LogP contribution < -0.4 is 5.32 Å². The highest BCUT2D eigenvalue weighted by molar-refractivity contribution is 9.10. The van der Waals surface area contributed by atoms with Crippen molar-refractivity contribution in [2.75, 3.05) is 5.32 Å². The quantitative estimate of drug-likeness (QED) is 0.899. The molecule has 0 heterocycles. The maximum atomic E-state index is 8.66. The Bertz CT molecular complexity index is 348. The summed E-state index contributed by atoms with van der Waals surface area (Å²) in [5, 5.41) is 12.0. The van der Waals surface area contributed by atoms with E-state index in [9.17, 15) is 0 Å². The van der Waals surface area contributed by atoms with Gasteiger partial charge in [0.1, 0.15) is 0 Å². The summed E-state index contributed by atoms with van der Waals surface area (Å²) in [6, 6.07) is 8.62. The van der Waals surface area contributed by atoms with Gasteiger partial charge in [-0.1, -0.05) is 22.9 Å². The first-order valence-corrected chi connectivity index (χ1v) is 5.85. The minimum atomic E-state index is 0.240. The number of hydrogen-bond donors (Lipinski definition) is 1. The first kappa shape index (κ1) is 12.1. The Hall–Kier alpha value is -1.01. The highest BCUT2D eigenvalue weighted by Gasteiger charge is 2.05. The minimum Gasteiger partial charge on any atom is -0.381 e. The van der Waals surface area contributed by atoms with Gasteiger partial charge < -0.3 is 5.32 Å². The molecule has 1 N–H and O–H groups in total. The monoisotopic (exact) mass is 266 g/mol. The zero-order chi connectivity index (χ0) is 11.3. The number of hydrogen-bond acceptors (Lipinski definition) is 2. The van der Waals surface area contributed by atoms with E-state index in [1.807, 2.05) is 6.07 Å². The third-order valence-corrected chi connectivity index (χ3v) is 2.70. The van der Waals surface area contributed by atoms with Gasteiger partial charge in [-0.15, -0.1) is 0 Å². The number of nitriles is 1. The van der Waals surface area contributed by atoms with Crippen molar-refractivity contribution in [2.24, 2.45) is 0 Å². The van der Waals surface area contributed by atoms with Gasteiger partial charge in [0.2, 0.25) is 0 Å². The predicted molar refractivity (Wildman–Crippen MR) is 66.8 cm³/mol. The van der Waals surface area contributed by atoms with Crippen LogP contribution in [0.2, 0.25) is 0 Å². The van der Waals surface area contributed by atoms with Crippen molar-refractivity contribution in [3.63, 3.8) is 0 Å². The Kier molecular flexibility index (Phi) is 4.64. The van der Waals surface area contributed by atoms with Gasteiger partial charge in [-0.3, -0.25) is 0 Å². The highest BCUT2D eigenvalue weighted by atomic mass is 79.9. The molecule has 0 fully saturated rings. The van der Waals surface area contributed by atoms with Crippen LogP contribution in [0.5, 0.6) is 0 Å². The van der Waals surface area contributed by atoms with Crippen LogP contribution in [-0.4, -0.2) is 6.04 Å². The number of anilines is 1. The molecule has 80 valence electrons. The van der Waals surface area contributed by atoms with Crippen LogP contribution in [0.15, 0.2) is 22.7 Å². The van der Waals surface area contributed by atoms with Gasteiger partial charge in [-0.05, 0) is 37.1 Å². The van der Waals surface area contributed by atoms with E-state index < -0.39 is 0 Å². The van der Waals surface area contributed by atoms with Crippen molar-refractivity contribution >= 4 is 21.6 Å². The van der Waals surface area contributed by atoms with E-state index >= 15 is 0 Å². The molecule has 0 saturated carbocycles. The Morgan fingerprint density at radius 2 is 2.20 bits per heavy atom. The fourth-order valence-electron chi connectivity index (χ4n) is 1.46. The first-order chi connectivity index (χ1) is 7.15. The van der Waals surface area contributed by atoms with E-state index in [1.54, 1.807) is 0 Å². The van der Waals surface area contributed by atoms with E-state index in [2.05, 4.69) is 53.3 Å². The lowest BCUT2D eigenvalue weighted by atomic mass is 10.1.